The van der Waals surface area contributed by atoms with Gasteiger partial charge in [0.1, 0.15) is 0 Å². The zero-order valence-corrected chi connectivity index (χ0v) is 26.6. The molecule has 1 aromatic rings. The molecule has 0 aromatic heterocycles. The van der Waals surface area contributed by atoms with E-state index < -0.39 is 24.2 Å². The first-order valence-electron chi connectivity index (χ1n) is 10.8. The summed E-state index contributed by atoms with van der Waals surface area (Å²) in [5.74, 6) is 0. The van der Waals surface area contributed by atoms with Crippen molar-refractivity contribution in [2.75, 3.05) is 13.2 Å². The average Bonchev–Trinajstić information content (AvgIpc) is 3.04. The van der Waals surface area contributed by atoms with Crippen LogP contribution in [0, 0.1) is 77.7 Å². The fourth-order valence-corrected chi connectivity index (χ4v) is 5.48. The van der Waals surface area contributed by atoms with Gasteiger partial charge in [-0.25, -0.2) is 0 Å². The van der Waals surface area contributed by atoms with E-state index in [2.05, 4.69) is 99.7 Å². The van der Waals surface area contributed by atoms with E-state index >= 15 is 0 Å². The molecule has 29 heavy (non-hydrogen) atoms. The molecule has 1 radical (unpaired) electrons. The molecule has 1 aliphatic heterocycles. The summed E-state index contributed by atoms with van der Waals surface area (Å²) in [6, 6.07) is 0. The van der Waals surface area contributed by atoms with Gasteiger partial charge in [-0.2, -0.15) is 27.4 Å². The van der Waals surface area contributed by atoms with E-state index in [1.807, 2.05) is 0 Å². The molecule has 1 heterocycles. The molecule has 1 nitrogen and oxygen atoms in total. The first-order valence-corrected chi connectivity index (χ1v) is 21.7. The first kappa shape index (κ1) is 34.8. The molecule has 1 aliphatic rings. The Bertz CT molecular complexity index is 498. The zero-order chi connectivity index (χ0) is 22.9. The van der Waals surface area contributed by atoms with E-state index in [1.54, 1.807) is 16.3 Å². The second-order valence-electron chi connectivity index (χ2n) is 11.6. The van der Waals surface area contributed by atoms with Crippen molar-refractivity contribution in [2.24, 2.45) is 0 Å². The maximum Gasteiger partial charge on any atom is 0.0466 e. The summed E-state index contributed by atoms with van der Waals surface area (Å²) in [7, 11) is -2.86. The van der Waals surface area contributed by atoms with E-state index in [0.717, 1.165) is 13.2 Å². The van der Waals surface area contributed by atoms with Crippen molar-refractivity contribution in [3.05, 3.63) is 35.3 Å². The molecule has 0 atom stereocenters. The van der Waals surface area contributed by atoms with Crippen molar-refractivity contribution in [3.8, 4) is 0 Å². The molecule has 0 N–H and O–H groups in total. The predicted molar refractivity (Wildman–Crippen MR) is 141 cm³/mol. The second-order valence-corrected chi connectivity index (χ2v) is 26.8. The molecule has 0 spiro atoms. The Morgan fingerprint density at radius 2 is 0.897 bits per heavy atom. The minimum absolute atomic E-state index is 0. The Morgan fingerprint density at radius 3 is 1.00 bits per heavy atom. The van der Waals surface area contributed by atoms with Crippen LogP contribution in [0.25, 0.3) is 0 Å². The number of hydrogen-bond acceptors (Lipinski definition) is 1. The quantitative estimate of drug-likeness (QED) is 0.237. The summed E-state index contributed by atoms with van der Waals surface area (Å²) in [6.45, 7) is 39.5. The van der Waals surface area contributed by atoms with Crippen LogP contribution in [0.15, 0.2) is 0 Å². The van der Waals surface area contributed by atoms with Gasteiger partial charge in [0.25, 0.3) is 0 Å². The van der Waals surface area contributed by atoms with Crippen molar-refractivity contribution < 1.29 is 41.6 Å². The van der Waals surface area contributed by atoms with E-state index in [4.69, 9.17) is 4.74 Å². The Labute approximate surface area is 217 Å². The van der Waals surface area contributed by atoms with Gasteiger partial charge >= 0.3 is 0 Å². The molecule has 0 aliphatic carbocycles. The van der Waals surface area contributed by atoms with E-state index in [9.17, 15) is 0 Å². The van der Waals surface area contributed by atoms with Crippen molar-refractivity contribution in [1.29, 1.82) is 0 Å². The predicted octanol–water partition coefficient (Wildman–Crippen LogP) is 7.38. The van der Waals surface area contributed by atoms with Crippen LogP contribution in [0.5, 0.6) is 0 Å². The molecule has 5 heteroatoms. The fourth-order valence-electron chi connectivity index (χ4n) is 2.85. The van der Waals surface area contributed by atoms with Gasteiger partial charge in [0, 0.05) is 58.2 Å². The molecule has 1 saturated heterocycles. The van der Waals surface area contributed by atoms with Crippen LogP contribution in [-0.4, -0.2) is 37.4 Å². The van der Waals surface area contributed by atoms with E-state index in [1.165, 1.54) is 24.0 Å². The van der Waals surface area contributed by atoms with Crippen molar-refractivity contribution in [1.82, 2.24) is 0 Å². The smallest absolute Gasteiger partial charge is 0.0466 e. The summed E-state index contributed by atoms with van der Waals surface area (Å²) < 4.78 is 4.94. The van der Waals surface area contributed by atoms with E-state index in [0.29, 0.717) is 0 Å². The summed E-state index contributed by atoms with van der Waals surface area (Å²) in [5.41, 5.74) is 6.12. The van der Waals surface area contributed by atoms with Gasteiger partial charge in [0.2, 0.25) is 0 Å². The minimum Gasteiger partial charge on any atom is -0.381 e. The maximum atomic E-state index is 4.94. The van der Waals surface area contributed by atoms with Gasteiger partial charge in [0.05, 0.1) is 0 Å². The largest absolute Gasteiger partial charge is 0.381 e. The number of rotatable bonds is 1. The topological polar surface area (TPSA) is 9.23 Å². The number of hydrogen-bond donors (Lipinski definition) is 0. The molecule has 183 valence electrons. The van der Waals surface area contributed by atoms with Crippen LogP contribution in [0.3, 0.4) is 0 Å². The third-order valence-electron chi connectivity index (χ3n) is 4.01. The van der Waals surface area contributed by atoms with Gasteiger partial charge in [-0.05, 0) is 12.8 Å². The maximum absolute atomic E-state index is 4.94. The molecule has 1 fully saturated rings. The molecular weight excluding hydrogens is 563 g/mol. The van der Waals surface area contributed by atoms with Crippen LogP contribution in [0.1, 0.15) is 35.1 Å². The fraction of sp³-hybridized carbons (Fsp3) is 0.708. The van der Waals surface area contributed by atoms with Gasteiger partial charge in [-0.1, -0.05) is 86.6 Å². The van der Waals surface area contributed by atoms with Gasteiger partial charge < -0.3 is 17.8 Å². The summed E-state index contributed by atoms with van der Waals surface area (Å²) in [6.07, 6.45) is 2.56. The Hall–Kier alpha value is 1.19. The SMILES string of the molecule is C1CCOC1.Cc1c(C)c(C)[c-]([Si](C)(C)C)c1C.[CH2-][Si](C)(C)C.[CH2-][Si](C)(C)C.[Lu]. The van der Waals surface area contributed by atoms with E-state index in [-0.39, 0.29) is 36.9 Å². The van der Waals surface area contributed by atoms with Gasteiger partial charge in [0.15, 0.2) is 0 Å². The summed E-state index contributed by atoms with van der Waals surface area (Å²) in [4.78, 5) is 0. The Morgan fingerprint density at radius 1 is 0.655 bits per heavy atom. The Balaban J connectivity index is -0.000000352. The average molecular weight is 615 g/mol. The monoisotopic (exact) mass is 614 g/mol. The minimum atomic E-state index is -1.13. The van der Waals surface area contributed by atoms with Crippen molar-refractivity contribution >= 4 is 29.4 Å². The van der Waals surface area contributed by atoms with Crippen LogP contribution in [0.2, 0.25) is 58.9 Å². The second kappa shape index (κ2) is 15.1. The molecule has 0 bridgehead atoms. The molecular formula is C24H51LuOSi3-3. The van der Waals surface area contributed by atoms with Crippen LogP contribution in [0.4, 0.5) is 0 Å². The standard InChI is InChI=1S/C12H21Si.C4H8O.2C4H11Si.Lu/c1-8-9(2)11(4)12(10(8)3)13(5,6)7;1-2-4-5-3-1;2*1-5(2,3)4;/h1-7H3;1-4H2;2*1H2,2-4H3;/q-1;;2*-1;. The molecule has 2 rings (SSSR count). The molecule has 0 unspecified atom stereocenters. The third-order valence-corrected chi connectivity index (χ3v) is 6.26. The normalized spacial score (nSPS) is 13.8. The number of ether oxygens (including phenoxy) is 1. The van der Waals surface area contributed by atoms with Crippen LogP contribution >= 0.6 is 0 Å². The van der Waals surface area contributed by atoms with Crippen molar-refractivity contribution in [3.63, 3.8) is 0 Å². The molecule has 0 saturated carbocycles. The summed E-state index contributed by atoms with van der Waals surface area (Å²) >= 11 is 0. The molecule has 0 amide bonds. The molecule has 1 aromatic carbocycles. The van der Waals surface area contributed by atoms with Gasteiger partial charge in [-0.15, -0.1) is 16.1 Å². The third kappa shape index (κ3) is 20.8. The van der Waals surface area contributed by atoms with Crippen molar-refractivity contribution in [2.45, 2.75) is 99.5 Å². The Kier molecular flexibility index (Phi) is 18.1. The zero-order valence-electron chi connectivity index (χ0n) is 21.9. The summed E-state index contributed by atoms with van der Waals surface area (Å²) in [5, 5.41) is 1.68. The first-order chi connectivity index (χ1) is 12.3. The van der Waals surface area contributed by atoms with Crippen LogP contribution < -0.4 is 5.19 Å². The van der Waals surface area contributed by atoms with Crippen LogP contribution in [-0.2, 0) is 4.74 Å². The van der Waals surface area contributed by atoms with Gasteiger partial charge in [-0.3, -0.25) is 0 Å².